The average Bonchev–Trinajstić information content (AvgIpc) is 4.36. The van der Waals surface area contributed by atoms with E-state index >= 15 is 0 Å². The summed E-state index contributed by atoms with van der Waals surface area (Å²) in [6.07, 6.45) is 0. The maximum atomic E-state index is 12.3. The summed E-state index contributed by atoms with van der Waals surface area (Å²) in [6.45, 7) is 9.59. The second kappa shape index (κ2) is 15.3. The molecule has 0 unspecified atom stereocenters. The molecule has 0 N–H and O–H groups in total. The number of benzene rings is 11. The van der Waals surface area contributed by atoms with E-state index in [1.54, 1.807) is 22.7 Å². The molecule has 8 heteroatoms. The third-order valence-electron chi connectivity index (χ3n) is 15.8. The van der Waals surface area contributed by atoms with Crippen LogP contribution >= 0.6 is 22.7 Å². The number of nitriles is 1. The molecular weight excluding hydrogens is 969 g/mol. The van der Waals surface area contributed by atoms with Crippen LogP contribution in [-0.4, -0.2) is 9.13 Å². The number of hydrogen-bond acceptors (Lipinski definition) is 5. The predicted molar refractivity (Wildman–Crippen MR) is 317 cm³/mol. The van der Waals surface area contributed by atoms with Crippen LogP contribution in [0.3, 0.4) is 0 Å². The van der Waals surface area contributed by atoms with E-state index in [2.05, 4.69) is 184 Å². The highest BCUT2D eigenvalue weighted by atomic mass is 32.1. The molecule has 17 rings (SSSR count). The molecule has 0 aliphatic rings. The molecule has 0 bridgehead atoms. The highest BCUT2D eigenvalue weighted by Crippen LogP contribution is 2.55. The summed E-state index contributed by atoms with van der Waals surface area (Å²) in [6, 6.07) is 74.9. The molecule has 0 atom stereocenters. The molecule has 0 amide bonds. The van der Waals surface area contributed by atoms with Crippen molar-refractivity contribution in [2.45, 2.75) is 0 Å². The Morgan fingerprint density at radius 1 is 0.395 bits per heavy atom. The summed E-state index contributed by atoms with van der Waals surface area (Å²) >= 11 is 3.60. The highest BCUT2D eigenvalue weighted by Gasteiger charge is 2.33. The van der Waals surface area contributed by atoms with Gasteiger partial charge in [0.15, 0.2) is 0 Å². The van der Waals surface area contributed by atoms with Crippen molar-refractivity contribution < 1.29 is 8.83 Å². The molecule has 6 heterocycles. The number of aromatic nitrogens is 2. The van der Waals surface area contributed by atoms with E-state index in [0.29, 0.717) is 44.9 Å². The van der Waals surface area contributed by atoms with Gasteiger partial charge in [-0.2, -0.15) is 5.26 Å². The van der Waals surface area contributed by atoms with Gasteiger partial charge in [0, 0.05) is 94.6 Å². The minimum Gasteiger partial charge on any atom is -0.456 e. The van der Waals surface area contributed by atoms with Crippen LogP contribution in [0.25, 0.3) is 166 Å². The van der Waals surface area contributed by atoms with Gasteiger partial charge in [-0.25, -0.2) is 4.85 Å². The number of rotatable bonds is 4. The third-order valence-corrected chi connectivity index (χ3v) is 18.2. The average molecular weight is 1000 g/mol. The molecule has 76 heavy (non-hydrogen) atoms. The lowest BCUT2D eigenvalue weighted by molar-refractivity contribution is 0.668. The van der Waals surface area contributed by atoms with Crippen molar-refractivity contribution in [3.8, 4) is 39.7 Å². The van der Waals surface area contributed by atoms with Crippen molar-refractivity contribution in [2.24, 2.45) is 0 Å². The van der Waals surface area contributed by atoms with Gasteiger partial charge < -0.3 is 18.0 Å². The largest absolute Gasteiger partial charge is 0.456 e. The Morgan fingerprint density at radius 2 is 0.816 bits per heavy atom. The molecule has 17 aromatic rings. The lowest BCUT2D eigenvalue weighted by Gasteiger charge is -2.25. The number of para-hydroxylation sites is 4. The van der Waals surface area contributed by atoms with Gasteiger partial charge >= 0.3 is 0 Å². The normalized spacial score (nSPS) is 12.2. The minimum absolute atomic E-state index is 0.349. The number of thiophene rings is 2. The molecule has 11 aromatic carbocycles. The summed E-state index contributed by atoms with van der Waals surface area (Å²) in [5.74, 6) is 0. The molecule has 0 radical (unpaired) electrons. The van der Waals surface area contributed by atoms with E-state index in [1.165, 1.54) is 40.3 Å². The SMILES string of the molecule is [C-]#[N+]c1c(-c2ccc3c(c2)oc2ccccc23)c(C#N)c(-n2c3ccccc3c3c4sc5ccccc5c4ccc32)c(-c2ccc3c(c2)oc2ccccc23)c1-n1c2ccccc2c2c3sc4ccccc4c3ccc21. The fourth-order valence-corrected chi connectivity index (χ4v) is 15.2. The summed E-state index contributed by atoms with van der Waals surface area (Å²) in [7, 11) is 0. The van der Waals surface area contributed by atoms with Crippen molar-refractivity contribution in [1.82, 2.24) is 9.13 Å². The van der Waals surface area contributed by atoms with Crippen LogP contribution in [-0.2, 0) is 0 Å². The van der Waals surface area contributed by atoms with Crippen LogP contribution in [0.2, 0.25) is 0 Å². The van der Waals surface area contributed by atoms with E-state index in [1.807, 2.05) is 42.5 Å². The van der Waals surface area contributed by atoms with Gasteiger partial charge in [0.05, 0.1) is 45.6 Å². The number of fused-ring (bicyclic) bond motifs is 20. The van der Waals surface area contributed by atoms with E-state index in [4.69, 9.17) is 8.83 Å². The monoisotopic (exact) mass is 1000 g/mol. The fraction of sp³-hybridized carbons (Fsp3) is 0. The van der Waals surface area contributed by atoms with E-state index in [0.717, 1.165) is 87.4 Å². The Morgan fingerprint density at radius 3 is 1.33 bits per heavy atom. The van der Waals surface area contributed by atoms with E-state index in [-0.39, 0.29) is 0 Å². The molecule has 0 spiro atoms. The molecule has 6 nitrogen and oxygen atoms in total. The van der Waals surface area contributed by atoms with E-state index < -0.39 is 0 Å². The van der Waals surface area contributed by atoms with Crippen LogP contribution in [0.1, 0.15) is 5.56 Å². The van der Waals surface area contributed by atoms with Crippen molar-refractivity contribution in [1.29, 1.82) is 5.26 Å². The van der Waals surface area contributed by atoms with Crippen molar-refractivity contribution in [2.75, 3.05) is 0 Å². The molecular formula is C68H34N4O2S2. The third kappa shape index (κ3) is 5.45. The molecule has 0 fully saturated rings. The zero-order valence-corrected chi connectivity index (χ0v) is 41.7. The second-order valence-electron chi connectivity index (χ2n) is 19.6. The first-order valence-electron chi connectivity index (χ1n) is 25.2. The van der Waals surface area contributed by atoms with Crippen LogP contribution in [0.5, 0.6) is 0 Å². The quantitative estimate of drug-likeness (QED) is 0.165. The van der Waals surface area contributed by atoms with Crippen LogP contribution in [0.15, 0.2) is 215 Å². The molecule has 350 valence electrons. The first-order valence-corrected chi connectivity index (χ1v) is 26.8. The van der Waals surface area contributed by atoms with Crippen LogP contribution < -0.4 is 0 Å². The number of nitrogens with zero attached hydrogens (tertiary/aromatic N) is 4. The van der Waals surface area contributed by atoms with Gasteiger partial charge in [-0.05, 0) is 83.9 Å². The first-order chi connectivity index (χ1) is 37.6. The highest BCUT2D eigenvalue weighted by molar-refractivity contribution is 7.27. The van der Waals surface area contributed by atoms with Gasteiger partial charge in [0.25, 0.3) is 0 Å². The fourth-order valence-electron chi connectivity index (χ4n) is 12.6. The Bertz CT molecular complexity index is 5300. The molecule has 6 aromatic heterocycles. The first kappa shape index (κ1) is 41.5. The Hall–Kier alpha value is -9.96. The maximum absolute atomic E-state index is 12.3. The molecule has 0 saturated carbocycles. The maximum Gasteiger partial charge on any atom is 0.220 e. The van der Waals surface area contributed by atoms with Gasteiger partial charge in [0.2, 0.25) is 5.69 Å². The van der Waals surface area contributed by atoms with Gasteiger partial charge in [0.1, 0.15) is 28.4 Å². The van der Waals surface area contributed by atoms with Gasteiger partial charge in [-0.3, -0.25) is 0 Å². The Labute approximate surface area is 439 Å². The van der Waals surface area contributed by atoms with Gasteiger partial charge in [-0.1, -0.05) is 133 Å². The van der Waals surface area contributed by atoms with Crippen molar-refractivity contribution in [3.05, 3.63) is 223 Å². The standard InChI is InChI=1S/C68H34N4O2S2/c1-70-64-60(37-26-28-41-39-14-4-10-22-54(39)73-56(41)34-37)49(36-69)65(71-50-20-8-2-18-47(50)62-52(71)32-30-45-43-16-6-12-24-58(43)75-67(45)62)61(38-27-29-42-40-15-5-11-23-55(40)74-57(42)35-38)66(64)72-51-21-9-3-19-48(51)63-53(72)33-31-46-44-17-7-13-25-59(44)76-68(46)63/h2-35H. The Balaban J connectivity index is 1.12. The molecule has 0 aliphatic heterocycles. The molecule has 0 saturated heterocycles. The van der Waals surface area contributed by atoms with Crippen molar-refractivity contribution in [3.63, 3.8) is 0 Å². The predicted octanol–water partition coefficient (Wildman–Crippen LogP) is 20.2. The van der Waals surface area contributed by atoms with Crippen molar-refractivity contribution >= 4 is 156 Å². The van der Waals surface area contributed by atoms with Crippen LogP contribution in [0, 0.1) is 17.9 Å². The lowest BCUT2D eigenvalue weighted by atomic mass is 9.88. The van der Waals surface area contributed by atoms with E-state index in [9.17, 15) is 11.8 Å². The summed E-state index contributed by atoms with van der Waals surface area (Å²) in [4.78, 5) is 4.66. The topological polar surface area (TPSA) is 64.3 Å². The number of hydrogen-bond donors (Lipinski definition) is 0. The smallest absolute Gasteiger partial charge is 0.220 e. The van der Waals surface area contributed by atoms with Crippen LogP contribution in [0.4, 0.5) is 5.69 Å². The second-order valence-corrected chi connectivity index (χ2v) is 21.7. The Kier molecular flexibility index (Phi) is 8.36. The zero-order chi connectivity index (χ0) is 49.9. The number of furan rings is 2. The molecule has 0 aliphatic carbocycles. The lowest BCUT2D eigenvalue weighted by Crippen LogP contribution is -2.08. The summed E-state index contributed by atoms with van der Waals surface area (Å²) in [5, 5.41) is 25.4. The van der Waals surface area contributed by atoms with Gasteiger partial charge in [-0.15, -0.1) is 22.7 Å². The minimum atomic E-state index is 0.349. The zero-order valence-electron chi connectivity index (χ0n) is 40.1. The summed E-state index contributed by atoms with van der Waals surface area (Å²) in [5.41, 5.74) is 11.6. The summed E-state index contributed by atoms with van der Waals surface area (Å²) < 4.78 is 22.8.